The highest BCUT2D eigenvalue weighted by Gasteiger charge is 2.43. The number of aliphatic hydroxyl groups is 1. The first-order valence-electron chi connectivity index (χ1n) is 5.43. The Kier molecular flexibility index (Phi) is 3.45. The van der Waals surface area contributed by atoms with Crippen molar-refractivity contribution in [1.82, 2.24) is 0 Å². The third kappa shape index (κ3) is 1.84. The number of benzene rings is 1. The molecule has 1 aliphatic carbocycles. The molecule has 1 fully saturated rings. The molecule has 0 heterocycles. The summed E-state index contributed by atoms with van der Waals surface area (Å²) in [6.07, 6.45) is 2.41. The minimum atomic E-state index is -0.613. The fourth-order valence-corrected chi connectivity index (χ4v) is 2.69. The van der Waals surface area contributed by atoms with Crippen molar-refractivity contribution in [2.45, 2.75) is 25.4 Å². The van der Waals surface area contributed by atoms with Crippen LogP contribution in [0.15, 0.2) is 18.2 Å². The zero-order valence-corrected chi connectivity index (χ0v) is 10.4. The van der Waals surface area contributed by atoms with Crippen LogP contribution in [0.3, 0.4) is 0 Å². The first kappa shape index (κ1) is 12.2. The molecule has 1 aromatic rings. The Balaban J connectivity index is 2.33. The quantitative estimate of drug-likeness (QED) is 0.876. The van der Waals surface area contributed by atoms with Gasteiger partial charge in [0, 0.05) is 17.5 Å². The molecule has 3 N–H and O–H groups in total. The van der Waals surface area contributed by atoms with Gasteiger partial charge in [0.05, 0.1) is 16.1 Å². The van der Waals surface area contributed by atoms with Crippen LogP contribution in [0.1, 0.15) is 30.9 Å². The molecule has 0 spiro atoms. The van der Waals surface area contributed by atoms with E-state index in [2.05, 4.69) is 0 Å². The predicted octanol–water partition coefficient (Wildman–Crippen LogP) is 3.16. The maximum Gasteiger partial charge on any atom is 0.0873 e. The second-order valence-electron chi connectivity index (χ2n) is 4.47. The van der Waals surface area contributed by atoms with Gasteiger partial charge in [-0.1, -0.05) is 41.8 Å². The normalized spacial score (nSPS) is 20.2. The first-order valence-corrected chi connectivity index (χ1v) is 6.18. The SMILES string of the molecule is NCC1(C(O)c2cccc(Cl)c2Cl)CCC1. The Bertz CT molecular complexity index is 385. The molecule has 0 amide bonds. The Morgan fingerprint density at radius 3 is 2.56 bits per heavy atom. The Hall–Kier alpha value is -0.280. The van der Waals surface area contributed by atoms with Crippen LogP contribution in [0.5, 0.6) is 0 Å². The van der Waals surface area contributed by atoms with Gasteiger partial charge in [0.1, 0.15) is 0 Å². The summed E-state index contributed by atoms with van der Waals surface area (Å²) in [5, 5.41) is 11.3. The van der Waals surface area contributed by atoms with Crippen molar-refractivity contribution in [3.05, 3.63) is 33.8 Å². The minimum Gasteiger partial charge on any atom is -0.388 e. The summed E-state index contributed by atoms with van der Waals surface area (Å²) in [5.74, 6) is 0. The van der Waals surface area contributed by atoms with E-state index in [9.17, 15) is 5.11 Å². The van der Waals surface area contributed by atoms with E-state index in [1.54, 1.807) is 12.1 Å². The molecule has 2 nitrogen and oxygen atoms in total. The van der Waals surface area contributed by atoms with E-state index in [-0.39, 0.29) is 5.41 Å². The largest absolute Gasteiger partial charge is 0.388 e. The maximum atomic E-state index is 10.4. The van der Waals surface area contributed by atoms with Crippen LogP contribution in [0.4, 0.5) is 0 Å². The van der Waals surface area contributed by atoms with Crippen molar-refractivity contribution >= 4 is 23.2 Å². The van der Waals surface area contributed by atoms with Crippen LogP contribution in [-0.2, 0) is 0 Å². The van der Waals surface area contributed by atoms with Gasteiger partial charge >= 0.3 is 0 Å². The molecule has 1 aliphatic rings. The van der Waals surface area contributed by atoms with E-state index in [4.69, 9.17) is 28.9 Å². The molecule has 0 saturated heterocycles. The van der Waals surface area contributed by atoms with Gasteiger partial charge in [0.25, 0.3) is 0 Å². The molecule has 1 aromatic carbocycles. The number of hydrogen-bond donors (Lipinski definition) is 2. The molecule has 0 bridgehead atoms. The summed E-state index contributed by atoms with van der Waals surface area (Å²) in [4.78, 5) is 0. The van der Waals surface area contributed by atoms with Gasteiger partial charge < -0.3 is 10.8 Å². The highest BCUT2D eigenvalue weighted by molar-refractivity contribution is 6.42. The summed E-state index contributed by atoms with van der Waals surface area (Å²) in [7, 11) is 0. The van der Waals surface area contributed by atoms with Gasteiger partial charge in [-0.2, -0.15) is 0 Å². The lowest BCUT2D eigenvalue weighted by Crippen LogP contribution is -2.42. The van der Waals surface area contributed by atoms with Crippen LogP contribution in [-0.4, -0.2) is 11.7 Å². The fraction of sp³-hybridized carbons (Fsp3) is 0.500. The smallest absolute Gasteiger partial charge is 0.0873 e. The molecule has 2 rings (SSSR count). The number of nitrogens with two attached hydrogens (primary N) is 1. The Morgan fingerprint density at radius 1 is 1.38 bits per heavy atom. The number of rotatable bonds is 3. The predicted molar refractivity (Wildman–Crippen MR) is 66.8 cm³/mol. The van der Waals surface area contributed by atoms with Crippen molar-refractivity contribution in [2.24, 2.45) is 11.1 Å². The molecule has 4 heteroatoms. The average molecular weight is 260 g/mol. The molecule has 88 valence electrons. The van der Waals surface area contributed by atoms with Crippen LogP contribution < -0.4 is 5.73 Å². The lowest BCUT2D eigenvalue weighted by atomic mass is 9.63. The first-order chi connectivity index (χ1) is 7.60. The summed E-state index contributed by atoms with van der Waals surface area (Å²) in [6, 6.07) is 5.33. The highest BCUT2D eigenvalue weighted by atomic mass is 35.5. The molecule has 0 aliphatic heterocycles. The van der Waals surface area contributed by atoms with E-state index >= 15 is 0 Å². The summed E-state index contributed by atoms with van der Waals surface area (Å²) in [6.45, 7) is 0.483. The van der Waals surface area contributed by atoms with Gasteiger partial charge in [0.15, 0.2) is 0 Å². The molecular weight excluding hydrogens is 245 g/mol. The molecule has 1 atom stereocenters. The second-order valence-corrected chi connectivity index (χ2v) is 5.25. The fourth-order valence-electron chi connectivity index (χ4n) is 2.28. The number of hydrogen-bond acceptors (Lipinski definition) is 2. The minimum absolute atomic E-state index is 0.200. The summed E-state index contributed by atoms with van der Waals surface area (Å²) in [5.41, 5.74) is 6.25. The lowest BCUT2D eigenvalue weighted by Gasteiger charge is -2.45. The number of aliphatic hydroxyl groups excluding tert-OH is 1. The van der Waals surface area contributed by atoms with E-state index < -0.39 is 6.10 Å². The lowest BCUT2D eigenvalue weighted by molar-refractivity contribution is -0.0296. The maximum absolute atomic E-state index is 10.4. The van der Waals surface area contributed by atoms with E-state index in [1.165, 1.54) is 0 Å². The van der Waals surface area contributed by atoms with Gasteiger partial charge in [0.2, 0.25) is 0 Å². The van der Waals surface area contributed by atoms with Gasteiger partial charge in [-0.05, 0) is 18.9 Å². The Labute approximate surface area is 105 Å². The van der Waals surface area contributed by atoms with Crippen molar-refractivity contribution in [3.63, 3.8) is 0 Å². The monoisotopic (exact) mass is 259 g/mol. The molecule has 0 aromatic heterocycles. The molecule has 1 saturated carbocycles. The molecule has 1 unspecified atom stereocenters. The number of halogens is 2. The van der Waals surface area contributed by atoms with E-state index in [1.807, 2.05) is 6.07 Å². The molecule has 0 radical (unpaired) electrons. The third-order valence-corrected chi connectivity index (χ3v) is 4.45. The Morgan fingerprint density at radius 2 is 2.06 bits per heavy atom. The van der Waals surface area contributed by atoms with Crippen LogP contribution in [0.25, 0.3) is 0 Å². The zero-order valence-electron chi connectivity index (χ0n) is 8.92. The topological polar surface area (TPSA) is 46.2 Å². The highest BCUT2D eigenvalue weighted by Crippen LogP contribution is 2.51. The van der Waals surface area contributed by atoms with Crippen molar-refractivity contribution in [2.75, 3.05) is 6.54 Å². The van der Waals surface area contributed by atoms with Gasteiger partial charge in [-0.3, -0.25) is 0 Å². The van der Waals surface area contributed by atoms with E-state index in [0.29, 0.717) is 22.2 Å². The van der Waals surface area contributed by atoms with Crippen LogP contribution >= 0.6 is 23.2 Å². The zero-order chi connectivity index (χ0) is 11.8. The van der Waals surface area contributed by atoms with Crippen LogP contribution in [0.2, 0.25) is 10.0 Å². The van der Waals surface area contributed by atoms with Gasteiger partial charge in [-0.15, -0.1) is 0 Å². The van der Waals surface area contributed by atoms with Gasteiger partial charge in [-0.25, -0.2) is 0 Å². The second kappa shape index (κ2) is 4.53. The van der Waals surface area contributed by atoms with E-state index in [0.717, 1.165) is 19.3 Å². The summed E-state index contributed by atoms with van der Waals surface area (Å²) >= 11 is 12.0. The van der Waals surface area contributed by atoms with Crippen molar-refractivity contribution in [1.29, 1.82) is 0 Å². The van der Waals surface area contributed by atoms with Crippen molar-refractivity contribution in [3.8, 4) is 0 Å². The third-order valence-electron chi connectivity index (χ3n) is 3.61. The summed E-state index contributed by atoms with van der Waals surface area (Å²) < 4.78 is 0. The standard InChI is InChI=1S/C12H15Cl2NO/c13-9-4-1-3-8(10(9)14)11(16)12(7-15)5-2-6-12/h1,3-4,11,16H,2,5-7,15H2. The average Bonchev–Trinajstić information content (AvgIpc) is 2.21. The molecular formula is C12H15Cl2NO. The van der Waals surface area contributed by atoms with Crippen molar-refractivity contribution < 1.29 is 5.11 Å². The molecule has 16 heavy (non-hydrogen) atoms. The van der Waals surface area contributed by atoms with Crippen LogP contribution in [0, 0.1) is 5.41 Å².